The second kappa shape index (κ2) is 5.92. The minimum absolute atomic E-state index is 0.0314. The molecule has 3 rings (SSSR count). The zero-order chi connectivity index (χ0) is 13.8. The van der Waals surface area contributed by atoms with Crippen molar-refractivity contribution in [2.75, 3.05) is 11.9 Å². The molecule has 1 aliphatic carbocycles. The molecule has 0 saturated heterocycles. The van der Waals surface area contributed by atoms with Gasteiger partial charge >= 0.3 is 0 Å². The van der Waals surface area contributed by atoms with E-state index < -0.39 is 0 Å². The highest BCUT2D eigenvalue weighted by molar-refractivity contribution is 7.09. The minimum Gasteiger partial charge on any atom is -0.361 e. The Labute approximate surface area is 124 Å². The van der Waals surface area contributed by atoms with E-state index in [4.69, 9.17) is 4.98 Å². The maximum absolute atomic E-state index is 4.77. The van der Waals surface area contributed by atoms with Crippen LogP contribution in [0.4, 0.5) is 5.13 Å². The number of aromatic nitrogens is 2. The third-order valence-electron chi connectivity index (χ3n) is 4.22. The lowest BCUT2D eigenvalue weighted by Gasteiger charge is -2.35. The standard InChI is InChI=1S/C16H21N3S/c1-2-17-15-18-14(19-20-15)16(11-7-4-8-12-16)13-9-5-3-6-10-13/h3,5-6,9-10H,2,4,7-8,11-12H2,1H3,(H,17,18,19). The lowest BCUT2D eigenvalue weighted by atomic mass is 9.69. The molecule has 0 aliphatic heterocycles. The lowest BCUT2D eigenvalue weighted by Crippen LogP contribution is -2.31. The Morgan fingerprint density at radius 1 is 1.15 bits per heavy atom. The zero-order valence-corrected chi connectivity index (χ0v) is 12.7. The lowest BCUT2D eigenvalue weighted by molar-refractivity contribution is 0.333. The molecule has 20 heavy (non-hydrogen) atoms. The Kier molecular flexibility index (Phi) is 4.01. The first kappa shape index (κ1) is 13.6. The summed E-state index contributed by atoms with van der Waals surface area (Å²) in [5.74, 6) is 1.02. The summed E-state index contributed by atoms with van der Waals surface area (Å²) < 4.78 is 4.68. The van der Waals surface area contributed by atoms with Gasteiger partial charge < -0.3 is 5.32 Å². The molecule has 0 radical (unpaired) electrons. The van der Waals surface area contributed by atoms with Crippen LogP contribution in [0.25, 0.3) is 0 Å². The van der Waals surface area contributed by atoms with Crippen LogP contribution in [0.3, 0.4) is 0 Å². The highest BCUT2D eigenvalue weighted by Gasteiger charge is 2.39. The van der Waals surface area contributed by atoms with Gasteiger partial charge in [0.05, 0.1) is 5.41 Å². The summed E-state index contributed by atoms with van der Waals surface area (Å²) in [4.78, 5) is 4.77. The topological polar surface area (TPSA) is 37.8 Å². The van der Waals surface area contributed by atoms with E-state index in [1.165, 1.54) is 49.2 Å². The van der Waals surface area contributed by atoms with Gasteiger partial charge in [-0.25, -0.2) is 4.98 Å². The molecule has 4 heteroatoms. The highest BCUT2D eigenvalue weighted by atomic mass is 32.1. The number of rotatable bonds is 4. The molecular formula is C16H21N3S. The van der Waals surface area contributed by atoms with E-state index in [0.29, 0.717) is 0 Å². The SMILES string of the molecule is CCNc1nc(C2(c3ccccc3)CCCCC2)ns1. The van der Waals surface area contributed by atoms with E-state index in [-0.39, 0.29) is 5.41 Å². The fourth-order valence-corrected chi connectivity index (χ4v) is 3.92. The molecule has 2 aromatic rings. The van der Waals surface area contributed by atoms with Gasteiger partial charge in [0.2, 0.25) is 5.13 Å². The molecule has 1 aliphatic rings. The Morgan fingerprint density at radius 3 is 2.60 bits per heavy atom. The van der Waals surface area contributed by atoms with Crippen LogP contribution in [-0.2, 0) is 5.41 Å². The summed E-state index contributed by atoms with van der Waals surface area (Å²) in [6, 6.07) is 10.8. The summed E-state index contributed by atoms with van der Waals surface area (Å²) in [7, 11) is 0. The molecule has 106 valence electrons. The van der Waals surface area contributed by atoms with Crippen LogP contribution >= 0.6 is 11.5 Å². The monoisotopic (exact) mass is 287 g/mol. The molecule has 0 spiro atoms. The van der Waals surface area contributed by atoms with Gasteiger partial charge in [-0.05, 0) is 25.3 Å². The maximum atomic E-state index is 4.77. The zero-order valence-electron chi connectivity index (χ0n) is 11.9. The third kappa shape index (κ3) is 2.44. The highest BCUT2D eigenvalue weighted by Crippen LogP contribution is 2.44. The van der Waals surface area contributed by atoms with Crippen molar-refractivity contribution >= 4 is 16.7 Å². The van der Waals surface area contributed by atoms with Gasteiger partial charge in [-0.15, -0.1) is 0 Å². The molecule has 0 bridgehead atoms. The molecule has 0 amide bonds. The van der Waals surface area contributed by atoms with Crippen LogP contribution in [0, 0.1) is 0 Å². The predicted octanol–water partition coefficient (Wildman–Crippen LogP) is 4.22. The van der Waals surface area contributed by atoms with Gasteiger partial charge in [0.25, 0.3) is 0 Å². The number of nitrogens with zero attached hydrogens (tertiary/aromatic N) is 2. The van der Waals surface area contributed by atoms with Gasteiger partial charge in [-0.3, -0.25) is 0 Å². The molecule has 1 aromatic carbocycles. The van der Waals surface area contributed by atoms with Crippen molar-refractivity contribution in [1.82, 2.24) is 9.36 Å². The average Bonchev–Trinajstić information content (AvgIpc) is 2.98. The van der Waals surface area contributed by atoms with Gasteiger partial charge in [0, 0.05) is 18.1 Å². The van der Waals surface area contributed by atoms with Gasteiger partial charge in [0.1, 0.15) is 0 Å². The molecule has 0 atom stereocenters. The molecule has 3 nitrogen and oxygen atoms in total. The molecule has 1 aromatic heterocycles. The average molecular weight is 287 g/mol. The number of nitrogens with one attached hydrogen (secondary N) is 1. The number of benzene rings is 1. The summed E-state index contributed by atoms with van der Waals surface area (Å²) >= 11 is 1.49. The normalized spacial score (nSPS) is 17.9. The van der Waals surface area contributed by atoms with Gasteiger partial charge in [-0.1, -0.05) is 49.6 Å². The molecular weight excluding hydrogens is 266 g/mol. The first-order valence-electron chi connectivity index (χ1n) is 7.49. The van der Waals surface area contributed by atoms with Crippen LogP contribution < -0.4 is 5.32 Å². The van der Waals surface area contributed by atoms with E-state index in [1.807, 2.05) is 0 Å². The van der Waals surface area contributed by atoms with Crippen molar-refractivity contribution in [3.05, 3.63) is 41.7 Å². The van der Waals surface area contributed by atoms with E-state index >= 15 is 0 Å². The Bertz CT molecular complexity index is 544. The quantitative estimate of drug-likeness (QED) is 0.915. The third-order valence-corrected chi connectivity index (χ3v) is 4.89. The van der Waals surface area contributed by atoms with Crippen molar-refractivity contribution in [2.24, 2.45) is 0 Å². The number of hydrogen-bond acceptors (Lipinski definition) is 4. The van der Waals surface area contributed by atoms with Crippen molar-refractivity contribution in [2.45, 2.75) is 44.4 Å². The van der Waals surface area contributed by atoms with Crippen molar-refractivity contribution in [1.29, 1.82) is 0 Å². The first-order valence-corrected chi connectivity index (χ1v) is 8.26. The first-order chi connectivity index (χ1) is 9.85. The predicted molar refractivity (Wildman–Crippen MR) is 84.4 cm³/mol. The van der Waals surface area contributed by atoms with Gasteiger partial charge in [-0.2, -0.15) is 4.37 Å². The molecule has 1 fully saturated rings. The molecule has 1 N–H and O–H groups in total. The van der Waals surface area contributed by atoms with Crippen molar-refractivity contribution in [3.8, 4) is 0 Å². The second-order valence-electron chi connectivity index (χ2n) is 5.46. The summed E-state index contributed by atoms with van der Waals surface area (Å²) in [6.07, 6.45) is 6.20. The fraction of sp³-hybridized carbons (Fsp3) is 0.500. The largest absolute Gasteiger partial charge is 0.361 e. The van der Waals surface area contributed by atoms with Crippen molar-refractivity contribution in [3.63, 3.8) is 0 Å². The van der Waals surface area contributed by atoms with Crippen LogP contribution in [0.5, 0.6) is 0 Å². The van der Waals surface area contributed by atoms with E-state index in [1.54, 1.807) is 0 Å². The van der Waals surface area contributed by atoms with Crippen LogP contribution in [0.15, 0.2) is 30.3 Å². The van der Waals surface area contributed by atoms with Crippen LogP contribution in [0.2, 0.25) is 0 Å². The smallest absolute Gasteiger partial charge is 0.202 e. The van der Waals surface area contributed by atoms with Gasteiger partial charge in [0.15, 0.2) is 5.82 Å². The Hall–Kier alpha value is -1.42. The maximum Gasteiger partial charge on any atom is 0.202 e. The number of hydrogen-bond donors (Lipinski definition) is 1. The van der Waals surface area contributed by atoms with E-state index in [0.717, 1.165) is 17.5 Å². The van der Waals surface area contributed by atoms with Crippen molar-refractivity contribution < 1.29 is 0 Å². The Morgan fingerprint density at radius 2 is 1.90 bits per heavy atom. The second-order valence-corrected chi connectivity index (χ2v) is 6.21. The summed E-state index contributed by atoms with van der Waals surface area (Å²) in [5, 5.41) is 4.23. The van der Waals surface area contributed by atoms with Crippen LogP contribution in [-0.4, -0.2) is 15.9 Å². The van der Waals surface area contributed by atoms with E-state index in [2.05, 4.69) is 46.9 Å². The molecule has 1 heterocycles. The minimum atomic E-state index is 0.0314. The van der Waals surface area contributed by atoms with E-state index in [9.17, 15) is 0 Å². The number of anilines is 1. The fourth-order valence-electron chi connectivity index (χ4n) is 3.19. The molecule has 1 saturated carbocycles. The Balaban J connectivity index is 2.00. The van der Waals surface area contributed by atoms with Crippen LogP contribution in [0.1, 0.15) is 50.4 Å². The molecule has 0 unspecified atom stereocenters. The summed E-state index contributed by atoms with van der Waals surface area (Å²) in [5.41, 5.74) is 1.41. The summed E-state index contributed by atoms with van der Waals surface area (Å²) in [6.45, 7) is 2.99.